The Kier molecular flexibility index (Phi) is 4.46. The third-order valence-electron chi connectivity index (χ3n) is 5.13. The molecule has 0 radical (unpaired) electrons. The van der Waals surface area contributed by atoms with Crippen LogP contribution >= 0.6 is 0 Å². The van der Waals surface area contributed by atoms with Crippen molar-refractivity contribution in [2.45, 2.75) is 37.5 Å². The van der Waals surface area contributed by atoms with E-state index < -0.39 is 15.4 Å². The molecular formula is C21H22N4O3S. The number of carbonyl (C=O) groups excluding carboxylic acids is 1. The van der Waals surface area contributed by atoms with Crippen LogP contribution in [0.4, 0.5) is 11.4 Å². The van der Waals surface area contributed by atoms with Gasteiger partial charge in [0.25, 0.3) is 10.0 Å². The zero-order chi connectivity index (χ0) is 20.8. The molecule has 0 fully saturated rings. The van der Waals surface area contributed by atoms with E-state index in [2.05, 4.69) is 15.0 Å². The number of nitrogens with one attached hydrogen (secondary N) is 2. The Morgan fingerprint density at radius 1 is 1.14 bits per heavy atom. The number of sulfonamides is 1. The summed E-state index contributed by atoms with van der Waals surface area (Å²) in [7, 11) is -3.77. The van der Waals surface area contributed by atoms with Crippen LogP contribution in [-0.4, -0.2) is 23.9 Å². The lowest BCUT2D eigenvalue weighted by Gasteiger charge is -2.32. The molecule has 3 aromatic rings. The van der Waals surface area contributed by atoms with Gasteiger partial charge in [0, 0.05) is 41.3 Å². The van der Waals surface area contributed by atoms with Gasteiger partial charge in [0.2, 0.25) is 5.91 Å². The van der Waals surface area contributed by atoms with Gasteiger partial charge >= 0.3 is 0 Å². The first-order chi connectivity index (χ1) is 13.7. The predicted octanol–water partition coefficient (Wildman–Crippen LogP) is 3.60. The number of aromatic nitrogens is 2. The maximum Gasteiger partial charge on any atom is 0.261 e. The van der Waals surface area contributed by atoms with E-state index in [1.807, 2.05) is 43.7 Å². The predicted molar refractivity (Wildman–Crippen MR) is 112 cm³/mol. The van der Waals surface area contributed by atoms with Gasteiger partial charge in [0.15, 0.2) is 0 Å². The van der Waals surface area contributed by atoms with Crippen LogP contribution in [0, 0.1) is 6.92 Å². The summed E-state index contributed by atoms with van der Waals surface area (Å²) in [6.45, 7) is 5.77. The van der Waals surface area contributed by atoms with Crippen molar-refractivity contribution in [3.05, 3.63) is 66.2 Å². The molecule has 1 aliphatic heterocycles. The summed E-state index contributed by atoms with van der Waals surface area (Å²) in [4.78, 5) is 16.2. The van der Waals surface area contributed by atoms with E-state index in [0.717, 1.165) is 17.1 Å². The Morgan fingerprint density at radius 3 is 2.52 bits per heavy atom. The van der Waals surface area contributed by atoms with Crippen LogP contribution in [0.2, 0.25) is 0 Å². The number of hydrogen-bond acceptors (Lipinski definition) is 4. The molecule has 1 aliphatic rings. The van der Waals surface area contributed by atoms with Crippen LogP contribution in [0.3, 0.4) is 0 Å². The normalized spacial score (nSPS) is 15.5. The summed E-state index contributed by atoms with van der Waals surface area (Å²) < 4.78 is 30.4. The van der Waals surface area contributed by atoms with Gasteiger partial charge in [-0.05, 0) is 55.0 Å². The molecule has 29 heavy (non-hydrogen) atoms. The minimum absolute atomic E-state index is 0.0653. The topological polar surface area (TPSA) is 93.1 Å². The van der Waals surface area contributed by atoms with Gasteiger partial charge in [0.05, 0.1) is 4.90 Å². The molecule has 2 aromatic carbocycles. The minimum atomic E-state index is -3.77. The van der Waals surface area contributed by atoms with Crippen molar-refractivity contribution in [2.75, 3.05) is 10.0 Å². The fraction of sp³-hybridized carbons (Fsp3) is 0.238. The van der Waals surface area contributed by atoms with Crippen molar-refractivity contribution in [3.63, 3.8) is 0 Å². The summed E-state index contributed by atoms with van der Waals surface area (Å²) >= 11 is 0. The maximum absolute atomic E-state index is 12.9. The molecule has 0 aliphatic carbocycles. The molecule has 8 heteroatoms. The molecular weight excluding hydrogens is 388 g/mol. The van der Waals surface area contributed by atoms with Gasteiger partial charge in [-0.3, -0.25) is 9.52 Å². The molecule has 7 nitrogen and oxygen atoms in total. The average Bonchev–Trinajstić information content (AvgIpc) is 3.07. The van der Waals surface area contributed by atoms with Crippen LogP contribution in [0.15, 0.2) is 59.8 Å². The van der Waals surface area contributed by atoms with Crippen LogP contribution < -0.4 is 10.0 Å². The van der Waals surface area contributed by atoms with Crippen molar-refractivity contribution in [1.29, 1.82) is 0 Å². The van der Waals surface area contributed by atoms with E-state index in [0.29, 0.717) is 17.8 Å². The molecule has 0 bridgehead atoms. The van der Waals surface area contributed by atoms with Gasteiger partial charge in [-0.1, -0.05) is 13.8 Å². The minimum Gasteiger partial charge on any atom is -0.326 e. The fourth-order valence-corrected chi connectivity index (χ4v) is 4.69. The Hall–Kier alpha value is -3.13. The Bertz CT molecular complexity index is 1190. The van der Waals surface area contributed by atoms with Gasteiger partial charge in [-0.15, -0.1) is 0 Å². The molecule has 1 aromatic heterocycles. The highest BCUT2D eigenvalue weighted by molar-refractivity contribution is 7.92. The van der Waals surface area contributed by atoms with Crippen LogP contribution in [0.5, 0.6) is 0 Å². The van der Waals surface area contributed by atoms with E-state index >= 15 is 0 Å². The average molecular weight is 410 g/mol. The number of aryl methyl sites for hydroxylation is 1. The van der Waals surface area contributed by atoms with Crippen molar-refractivity contribution < 1.29 is 13.2 Å². The lowest BCUT2D eigenvalue weighted by Crippen LogP contribution is -2.32. The molecule has 4 rings (SSSR count). The van der Waals surface area contributed by atoms with Crippen LogP contribution in [0.25, 0.3) is 5.69 Å². The largest absolute Gasteiger partial charge is 0.326 e. The van der Waals surface area contributed by atoms with Gasteiger partial charge in [0.1, 0.15) is 5.82 Å². The van der Waals surface area contributed by atoms with Crippen molar-refractivity contribution in [1.82, 2.24) is 9.55 Å². The number of anilines is 2. The number of hydrogen-bond donors (Lipinski definition) is 2. The highest BCUT2D eigenvalue weighted by Crippen LogP contribution is 2.38. The number of rotatable bonds is 4. The lowest BCUT2D eigenvalue weighted by molar-refractivity contribution is -0.117. The van der Waals surface area contributed by atoms with Gasteiger partial charge < -0.3 is 9.88 Å². The number of carbonyl (C=O) groups is 1. The molecule has 0 saturated carbocycles. The zero-order valence-electron chi connectivity index (χ0n) is 16.4. The smallest absolute Gasteiger partial charge is 0.261 e. The van der Waals surface area contributed by atoms with E-state index in [-0.39, 0.29) is 10.8 Å². The molecule has 0 spiro atoms. The standard InChI is InChI=1S/C21H22N4O3S/c1-14-22-10-11-25(14)16-6-4-15(5-7-16)24-29(27,28)17-8-9-19-18(12-17)21(2,3)13-20(26)23-19/h4-12,24H,13H2,1-3H3,(H,23,26). The number of fused-ring (bicyclic) bond motifs is 1. The highest BCUT2D eigenvalue weighted by atomic mass is 32.2. The SMILES string of the molecule is Cc1nccn1-c1ccc(NS(=O)(=O)c2ccc3c(c2)C(C)(C)CC(=O)N3)cc1. The first kappa shape index (κ1) is 19.2. The number of benzene rings is 2. The Labute approximate surface area is 169 Å². The van der Waals surface area contributed by atoms with Crippen molar-refractivity contribution in [2.24, 2.45) is 0 Å². The van der Waals surface area contributed by atoms with E-state index in [1.54, 1.807) is 30.5 Å². The van der Waals surface area contributed by atoms with Crippen molar-refractivity contribution >= 4 is 27.3 Å². The maximum atomic E-state index is 12.9. The van der Waals surface area contributed by atoms with Gasteiger partial charge in [-0.2, -0.15) is 0 Å². The van der Waals surface area contributed by atoms with E-state index in [4.69, 9.17) is 0 Å². The molecule has 0 saturated heterocycles. The summed E-state index contributed by atoms with van der Waals surface area (Å²) in [5.74, 6) is 0.784. The quantitative estimate of drug-likeness (QED) is 0.687. The molecule has 0 unspecified atom stereocenters. The monoisotopic (exact) mass is 410 g/mol. The first-order valence-corrected chi connectivity index (χ1v) is 10.7. The summed E-state index contributed by atoms with van der Waals surface area (Å²) in [5.41, 5.74) is 2.40. The van der Waals surface area contributed by atoms with E-state index in [9.17, 15) is 13.2 Å². The second-order valence-corrected chi connectivity index (χ2v) is 9.50. The second-order valence-electron chi connectivity index (χ2n) is 7.81. The third-order valence-corrected chi connectivity index (χ3v) is 6.51. The van der Waals surface area contributed by atoms with Crippen LogP contribution in [-0.2, 0) is 20.2 Å². The summed E-state index contributed by atoms with van der Waals surface area (Å²) in [5, 5.41) is 2.81. The van der Waals surface area contributed by atoms with Gasteiger partial charge in [-0.25, -0.2) is 13.4 Å². The number of nitrogens with zero attached hydrogens (tertiary/aromatic N) is 2. The second kappa shape index (κ2) is 6.73. The first-order valence-electron chi connectivity index (χ1n) is 9.23. The lowest BCUT2D eigenvalue weighted by atomic mass is 9.78. The molecule has 2 N–H and O–H groups in total. The van der Waals surface area contributed by atoms with E-state index in [1.165, 1.54) is 6.07 Å². The fourth-order valence-electron chi connectivity index (χ4n) is 3.61. The Morgan fingerprint density at radius 2 is 1.86 bits per heavy atom. The molecule has 2 heterocycles. The highest BCUT2D eigenvalue weighted by Gasteiger charge is 2.33. The third kappa shape index (κ3) is 3.63. The number of amides is 1. The summed E-state index contributed by atoms with van der Waals surface area (Å²) in [6.07, 6.45) is 3.88. The summed E-state index contributed by atoms with van der Waals surface area (Å²) in [6, 6.07) is 11.9. The van der Waals surface area contributed by atoms with Crippen molar-refractivity contribution in [3.8, 4) is 5.69 Å². The molecule has 0 atom stereocenters. The zero-order valence-corrected chi connectivity index (χ0v) is 17.2. The Balaban J connectivity index is 1.61. The van der Waals surface area contributed by atoms with Crippen LogP contribution in [0.1, 0.15) is 31.7 Å². The molecule has 150 valence electrons. The number of imidazole rings is 1. The molecule has 1 amide bonds.